The maximum absolute atomic E-state index is 3.42. The van der Waals surface area contributed by atoms with Crippen LogP contribution in [0.1, 0.15) is 0 Å². The van der Waals surface area contributed by atoms with Gasteiger partial charge in [-0.05, 0) is 0 Å². The highest BCUT2D eigenvalue weighted by atomic mass is 79.9. The van der Waals surface area contributed by atoms with Crippen molar-refractivity contribution in [2.75, 3.05) is 0 Å². The highest BCUT2D eigenvalue weighted by Crippen LogP contribution is 2.31. The van der Waals surface area contributed by atoms with Gasteiger partial charge in [0.1, 0.15) is 3.23 Å². The fraction of sp³-hybridized carbons (Fsp3) is 0.167. The maximum Gasteiger partial charge on any atom is 0.116 e. The van der Waals surface area contributed by atoms with E-state index >= 15 is 0 Å². The van der Waals surface area contributed by atoms with Crippen molar-refractivity contribution in [2.45, 2.75) is 3.23 Å². The number of halogens is 2. The van der Waals surface area contributed by atoms with Crippen LogP contribution >= 0.6 is 31.9 Å². The first-order valence-corrected chi connectivity index (χ1v) is 3.87. The first-order valence-electron chi connectivity index (χ1n) is 2.29. The Labute approximate surface area is 65.9 Å². The average molecular weight is 237 g/mol. The third kappa shape index (κ3) is 1.75. The summed E-state index contributed by atoms with van der Waals surface area (Å²) in [4.78, 5) is 0. The van der Waals surface area contributed by atoms with Crippen molar-refractivity contribution in [1.82, 2.24) is 0 Å². The normalized spacial score (nSPS) is 23.8. The molecule has 0 N–H and O–H groups in total. The molecular formula is C6H5Br2. The number of hydrogen-bond acceptors (Lipinski definition) is 0. The molecule has 0 spiro atoms. The Hall–Kier alpha value is 0.440. The largest absolute Gasteiger partial charge is 0.116 e. The minimum atomic E-state index is -0.0885. The zero-order chi connectivity index (χ0) is 6.04. The number of alkyl halides is 2. The summed E-state index contributed by atoms with van der Waals surface area (Å²) in [5, 5.41) is 0. The molecule has 2 heteroatoms. The molecule has 0 heterocycles. The molecule has 0 atom stereocenters. The van der Waals surface area contributed by atoms with Crippen LogP contribution in [0.4, 0.5) is 0 Å². The van der Waals surface area contributed by atoms with E-state index in [4.69, 9.17) is 0 Å². The first kappa shape index (κ1) is 6.56. The lowest BCUT2D eigenvalue weighted by Gasteiger charge is -2.11. The zero-order valence-corrected chi connectivity index (χ0v) is 7.31. The molecule has 0 fully saturated rings. The van der Waals surface area contributed by atoms with Gasteiger partial charge in [-0.3, -0.25) is 0 Å². The molecule has 0 aromatic heterocycles. The van der Waals surface area contributed by atoms with E-state index in [1.807, 2.05) is 30.7 Å². The van der Waals surface area contributed by atoms with Gasteiger partial charge in [-0.1, -0.05) is 56.2 Å². The Morgan fingerprint density at radius 1 is 1.00 bits per heavy atom. The summed E-state index contributed by atoms with van der Waals surface area (Å²) >= 11 is 6.83. The van der Waals surface area contributed by atoms with Crippen molar-refractivity contribution in [1.29, 1.82) is 0 Å². The van der Waals surface area contributed by atoms with Gasteiger partial charge >= 0.3 is 0 Å². The summed E-state index contributed by atoms with van der Waals surface area (Å²) < 4.78 is -0.0885. The lowest BCUT2D eigenvalue weighted by molar-refractivity contribution is 1.33. The predicted octanol–water partition coefficient (Wildman–Crippen LogP) is 2.80. The fourth-order valence-corrected chi connectivity index (χ4v) is 1.10. The van der Waals surface area contributed by atoms with Crippen molar-refractivity contribution >= 4 is 31.9 Å². The third-order valence-electron chi connectivity index (χ3n) is 0.859. The van der Waals surface area contributed by atoms with Crippen LogP contribution in [-0.4, -0.2) is 3.23 Å². The van der Waals surface area contributed by atoms with E-state index < -0.39 is 0 Å². The molecule has 1 aliphatic rings. The molecule has 1 radical (unpaired) electrons. The molecule has 0 saturated carbocycles. The summed E-state index contributed by atoms with van der Waals surface area (Å²) in [5.41, 5.74) is 0. The SMILES string of the molecule is BrC1(Br)C=C[CH]C=C1. The third-order valence-corrected chi connectivity index (χ3v) is 1.92. The van der Waals surface area contributed by atoms with Crippen LogP contribution < -0.4 is 0 Å². The molecule has 0 saturated heterocycles. The van der Waals surface area contributed by atoms with Crippen molar-refractivity contribution < 1.29 is 0 Å². The molecule has 8 heavy (non-hydrogen) atoms. The van der Waals surface area contributed by atoms with Crippen molar-refractivity contribution in [2.24, 2.45) is 0 Å². The van der Waals surface area contributed by atoms with E-state index in [9.17, 15) is 0 Å². The standard InChI is InChI=1S/C6H5Br2/c7-6(8)4-2-1-3-5-6/h1-5H. The van der Waals surface area contributed by atoms with Gasteiger partial charge in [-0.15, -0.1) is 0 Å². The number of allylic oxidation sites excluding steroid dienone is 4. The summed E-state index contributed by atoms with van der Waals surface area (Å²) in [5.74, 6) is 0. The van der Waals surface area contributed by atoms with Crippen LogP contribution in [0.3, 0.4) is 0 Å². The number of rotatable bonds is 0. The summed E-state index contributed by atoms with van der Waals surface area (Å²) in [7, 11) is 0. The quantitative estimate of drug-likeness (QED) is 0.568. The van der Waals surface area contributed by atoms with E-state index in [0.717, 1.165) is 0 Å². The minimum Gasteiger partial charge on any atom is -0.0782 e. The smallest absolute Gasteiger partial charge is 0.0782 e. The second kappa shape index (κ2) is 2.36. The Balaban J connectivity index is 2.69. The van der Waals surface area contributed by atoms with Gasteiger partial charge in [-0.2, -0.15) is 0 Å². The Morgan fingerprint density at radius 2 is 1.50 bits per heavy atom. The first-order chi connectivity index (χ1) is 3.71. The molecule has 43 valence electrons. The van der Waals surface area contributed by atoms with Crippen molar-refractivity contribution in [3.8, 4) is 0 Å². The van der Waals surface area contributed by atoms with Crippen LogP contribution in [0.5, 0.6) is 0 Å². The maximum atomic E-state index is 3.42. The fourth-order valence-electron chi connectivity index (χ4n) is 0.487. The van der Waals surface area contributed by atoms with Crippen molar-refractivity contribution in [3.63, 3.8) is 0 Å². The van der Waals surface area contributed by atoms with Crippen LogP contribution in [-0.2, 0) is 0 Å². The van der Waals surface area contributed by atoms with Gasteiger partial charge in [0.15, 0.2) is 0 Å². The van der Waals surface area contributed by atoms with Gasteiger partial charge in [0.25, 0.3) is 0 Å². The van der Waals surface area contributed by atoms with Gasteiger partial charge in [0, 0.05) is 6.42 Å². The molecular weight excluding hydrogens is 232 g/mol. The zero-order valence-electron chi connectivity index (χ0n) is 4.14. The lowest BCUT2D eigenvalue weighted by atomic mass is 10.2. The molecule has 0 unspecified atom stereocenters. The Kier molecular flexibility index (Phi) is 1.93. The van der Waals surface area contributed by atoms with E-state index in [2.05, 4.69) is 31.9 Å². The van der Waals surface area contributed by atoms with Crippen LogP contribution in [0, 0.1) is 6.42 Å². The molecule has 1 aliphatic carbocycles. The average Bonchev–Trinajstić information content (AvgIpc) is 1.65. The van der Waals surface area contributed by atoms with Crippen molar-refractivity contribution in [3.05, 3.63) is 30.7 Å². The Bertz CT molecular complexity index is 119. The van der Waals surface area contributed by atoms with Gasteiger partial charge in [0.05, 0.1) is 0 Å². The van der Waals surface area contributed by atoms with Crippen LogP contribution in [0.25, 0.3) is 0 Å². The van der Waals surface area contributed by atoms with E-state index in [0.29, 0.717) is 0 Å². The molecule has 0 amide bonds. The molecule has 0 bridgehead atoms. The van der Waals surface area contributed by atoms with E-state index in [1.165, 1.54) is 0 Å². The van der Waals surface area contributed by atoms with Gasteiger partial charge in [-0.25, -0.2) is 0 Å². The summed E-state index contributed by atoms with van der Waals surface area (Å²) in [6, 6.07) is 0. The molecule has 0 aromatic rings. The monoisotopic (exact) mass is 235 g/mol. The van der Waals surface area contributed by atoms with Gasteiger partial charge < -0.3 is 0 Å². The van der Waals surface area contributed by atoms with E-state index in [1.54, 1.807) is 0 Å². The van der Waals surface area contributed by atoms with Crippen LogP contribution in [0.15, 0.2) is 24.3 Å². The highest BCUT2D eigenvalue weighted by molar-refractivity contribution is 9.25. The van der Waals surface area contributed by atoms with Gasteiger partial charge in [0.2, 0.25) is 0 Å². The summed E-state index contributed by atoms with van der Waals surface area (Å²) in [6.45, 7) is 0. The molecule has 0 aromatic carbocycles. The predicted molar refractivity (Wildman–Crippen MR) is 43.2 cm³/mol. The minimum absolute atomic E-state index is 0.0885. The summed E-state index contributed by atoms with van der Waals surface area (Å²) in [6.07, 6.45) is 10.0. The second-order valence-electron chi connectivity index (χ2n) is 1.59. The molecule has 0 nitrogen and oxygen atoms in total. The lowest BCUT2D eigenvalue weighted by Crippen LogP contribution is -2.03. The topological polar surface area (TPSA) is 0 Å². The Morgan fingerprint density at radius 3 is 1.75 bits per heavy atom. The van der Waals surface area contributed by atoms with Crippen LogP contribution in [0.2, 0.25) is 0 Å². The highest BCUT2D eigenvalue weighted by Gasteiger charge is 2.14. The van der Waals surface area contributed by atoms with E-state index in [-0.39, 0.29) is 3.23 Å². The number of hydrogen-bond donors (Lipinski definition) is 0. The second-order valence-corrected chi connectivity index (χ2v) is 5.27. The molecule has 1 rings (SSSR count). The molecule has 0 aliphatic heterocycles.